The number of nitrogens with one attached hydrogen (secondary N) is 2. The minimum Gasteiger partial charge on any atom is -0.860 e. The van der Waals surface area contributed by atoms with Gasteiger partial charge in [0.25, 0.3) is 5.56 Å². The van der Waals surface area contributed by atoms with Crippen molar-refractivity contribution in [2.75, 3.05) is 0 Å². The Morgan fingerprint density at radius 1 is 1.13 bits per heavy atom. The zero-order valence-corrected chi connectivity index (χ0v) is 17.2. The predicted molar refractivity (Wildman–Crippen MR) is 109 cm³/mol. The Bertz CT molecular complexity index is 1300. The van der Waals surface area contributed by atoms with E-state index in [1.165, 1.54) is 11.3 Å². The molecule has 1 unspecified atom stereocenters. The Morgan fingerprint density at radius 3 is 2.50 bits per heavy atom. The van der Waals surface area contributed by atoms with Crippen molar-refractivity contribution in [3.8, 4) is 5.88 Å². The molecule has 0 saturated heterocycles. The first-order chi connectivity index (χ1) is 14.4. The van der Waals surface area contributed by atoms with Crippen LogP contribution in [0.2, 0.25) is 0 Å². The third-order valence-electron chi connectivity index (χ3n) is 5.24. The molecule has 0 bridgehead atoms. The van der Waals surface area contributed by atoms with Crippen molar-refractivity contribution in [3.05, 3.63) is 102 Å². The molecular weight excluding hydrogens is 404 g/mol. The van der Waals surface area contributed by atoms with Gasteiger partial charge in [-0.3, -0.25) is 9.78 Å². The summed E-state index contributed by atoms with van der Waals surface area (Å²) >= 11 is 1.36. The number of hydrogen-bond donors (Lipinski definition) is 3. The minimum atomic E-state index is -0.862. The highest BCUT2D eigenvalue weighted by Gasteiger charge is 2.37. The molecule has 4 rings (SSSR count). The van der Waals surface area contributed by atoms with Crippen molar-refractivity contribution in [2.45, 2.75) is 26.3 Å². The number of nitrogens with zero attached hydrogens (tertiary/aromatic N) is 2. The lowest BCUT2D eigenvalue weighted by Gasteiger charge is -2.18. The van der Waals surface area contributed by atoms with Crippen LogP contribution in [0.3, 0.4) is 0 Å². The normalized spacial score (nSPS) is 12.2. The monoisotopic (exact) mass is 424 g/mol. The molecule has 0 spiro atoms. The molecule has 0 aliphatic heterocycles. The number of H-pyrrole nitrogens is 2. The molecule has 4 aromatic rings. The van der Waals surface area contributed by atoms with E-state index in [0.717, 1.165) is 16.0 Å². The Labute approximate surface area is 175 Å². The molecular formula is C21H20N4O4S. The summed E-state index contributed by atoms with van der Waals surface area (Å²) in [7, 11) is 0. The van der Waals surface area contributed by atoms with Crippen LogP contribution < -0.4 is 20.9 Å². The zero-order chi connectivity index (χ0) is 21.4. The fraction of sp³-hybridized carbons (Fsp3) is 0.190. The molecule has 0 saturated carbocycles. The Balaban J connectivity index is 2.01. The number of thiophene rings is 1. The van der Waals surface area contributed by atoms with Gasteiger partial charge in [0.05, 0.1) is 0 Å². The summed E-state index contributed by atoms with van der Waals surface area (Å²) in [6.07, 6.45) is 0. The maximum Gasteiger partial charge on any atom is 0.325 e. The fourth-order valence-corrected chi connectivity index (χ4v) is 4.47. The molecule has 9 heteroatoms. The molecule has 30 heavy (non-hydrogen) atoms. The highest BCUT2D eigenvalue weighted by atomic mass is 32.1. The van der Waals surface area contributed by atoms with Crippen LogP contribution in [0.1, 0.15) is 39.1 Å². The van der Waals surface area contributed by atoms with Gasteiger partial charge in [0.15, 0.2) is 5.69 Å². The standard InChI is InChI=1S/C21H20N4O4S/c1-12-13(2)25(29)20(24(12)11-14-7-4-3-5-8-14)16(15-9-6-10-30-15)17-18(26)22-21(28)23-19(17)27/h3-10,16H,11H2,1-2H3,(H3-,22,23,26,27,28,29). The van der Waals surface area contributed by atoms with Crippen LogP contribution in [0.5, 0.6) is 5.88 Å². The maximum atomic E-state index is 12.7. The minimum absolute atomic E-state index is 0.147. The van der Waals surface area contributed by atoms with Crippen molar-refractivity contribution in [1.29, 1.82) is 0 Å². The van der Waals surface area contributed by atoms with Gasteiger partial charge >= 0.3 is 11.5 Å². The molecule has 154 valence electrons. The molecule has 8 nitrogen and oxygen atoms in total. The van der Waals surface area contributed by atoms with Gasteiger partial charge in [-0.05, 0) is 27.6 Å². The fourth-order valence-electron chi connectivity index (χ4n) is 3.64. The number of benzene rings is 1. The quantitative estimate of drug-likeness (QED) is 0.331. The first-order valence-corrected chi connectivity index (χ1v) is 10.2. The Kier molecular flexibility index (Phi) is 5.04. The van der Waals surface area contributed by atoms with Gasteiger partial charge < -0.3 is 15.3 Å². The molecule has 3 heterocycles. The summed E-state index contributed by atoms with van der Waals surface area (Å²) in [5, 5.41) is 25.5. The van der Waals surface area contributed by atoms with Gasteiger partial charge in [-0.15, -0.1) is 11.3 Å². The first kappa shape index (κ1) is 19.7. The summed E-state index contributed by atoms with van der Waals surface area (Å²) in [5.74, 6) is -1.27. The SMILES string of the molecule is Cc1c(C)[n+](Cc2ccccc2)c(C(c2cccs2)c2c([O-])[nH]c(=O)[nH]c2=O)n1O. The maximum absolute atomic E-state index is 12.7. The number of aromatic amines is 2. The summed E-state index contributed by atoms with van der Waals surface area (Å²) in [6, 6.07) is 13.3. The van der Waals surface area contributed by atoms with Gasteiger partial charge in [-0.25, -0.2) is 9.36 Å². The predicted octanol–water partition coefficient (Wildman–Crippen LogP) is 1.37. The summed E-state index contributed by atoms with van der Waals surface area (Å²) in [6.45, 7) is 4.07. The number of aromatic nitrogens is 4. The average molecular weight is 424 g/mol. The summed E-state index contributed by atoms with van der Waals surface area (Å²) < 4.78 is 2.91. The second-order valence-electron chi connectivity index (χ2n) is 7.01. The lowest BCUT2D eigenvalue weighted by atomic mass is 9.98. The van der Waals surface area contributed by atoms with Gasteiger partial charge in [-0.2, -0.15) is 0 Å². The van der Waals surface area contributed by atoms with E-state index in [1.807, 2.05) is 53.3 Å². The van der Waals surface area contributed by atoms with Crippen LogP contribution >= 0.6 is 11.3 Å². The highest BCUT2D eigenvalue weighted by Crippen LogP contribution is 2.34. The summed E-state index contributed by atoms with van der Waals surface area (Å²) in [4.78, 5) is 29.2. The van der Waals surface area contributed by atoms with Crippen molar-refractivity contribution in [2.24, 2.45) is 0 Å². The topological polar surface area (TPSA) is 118 Å². The van der Waals surface area contributed by atoms with E-state index in [1.54, 1.807) is 13.0 Å². The summed E-state index contributed by atoms with van der Waals surface area (Å²) in [5.41, 5.74) is 0.612. The van der Waals surface area contributed by atoms with Gasteiger partial charge in [0, 0.05) is 24.3 Å². The molecule has 0 aliphatic carbocycles. The third-order valence-corrected chi connectivity index (χ3v) is 6.18. The zero-order valence-electron chi connectivity index (χ0n) is 16.4. The van der Waals surface area contributed by atoms with E-state index < -0.39 is 23.0 Å². The average Bonchev–Trinajstić information content (AvgIpc) is 3.31. The van der Waals surface area contributed by atoms with E-state index in [4.69, 9.17) is 0 Å². The molecule has 0 amide bonds. The molecule has 0 fully saturated rings. The van der Waals surface area contributed by atoms with E-state index in [2.05, 4.69) is 9.97 Å². The molecule has 3 N–H and O–H groups in total. The van der Waals surface area contributed by atoms with E-state index in [9.17, 15) is 19.9 Å². The van der Waals surface area contributed by atoms with E-state index >= 15 is 0 Å². The first-order valence-electron chi connectivity index (χ1n) is 9.30. The van der Waals surface area contributed by atoms with Crippen LogP contribution in [0.15, 0.2) is 57.4 Å². The second kappa shape index (κ2) is 7.68. The Morgan fingerprint density at radius 2 is 1.87 bits per heavy atom. The lowest BCUT2D eigenvalue weighted by molar-refractivity contribution is -0.702. The molecule has 3 aromatic heterocycles. The van der Waals surface area contributed by atoms with Crippen LogP contribution in [0.4, 0.5) is 0 Å². The van der Waals surface area contributed by atoms with Crippen LogP contribution in [0, 0.1) is 13.8 Å². The van der Waals surface area contributed by atoms with Crippen molar-refractivity contribution in [1.82, 2.24) is 14.7 Å². The van der Waals surface area contributed by atoms with Gasteiger partial charge in [0.2, 0.25) is 0 Å². The van der Waals surface area contributed by atoms with Gasteiger partial charge in [0.1, 0.15) is 18.2 Å². The van der Waals surface area contributed by atoms with E-state index in [0.29, 0.717) is 22.9 Å². The highest BCUT2D eigenvalue weighted by molar-refractivity contribution is 7.10. The second-order valence-corrected chi connectivity index (χ2v) is 7.99. The van der Waals surface area contributed by atoms with E-state index in [-0.39, 0.29) is 5.56 Å². The van der Waals surface area contributed by atoms with Crippen molar-refractivity contribution < 1.29 is 14.9 Å². The largest absolute Gasteiger partial charge is 0.860 e. The van der Waals surface area contributed by atoms with Crippen LogP contribution in [0.25, 0.3) is 0 Å². The van der Waals surface area contributed by atoms with Gasteiger partial charge in [-0.1, -0.05) is 36.4 Å². The number of hydrogen-bond acceptors (Lipinski definition) is 5. The number of imidazole rings is 1. The van der Waals surface area contributed by atoms with Crippen molar-refractivity contribution >= 4 is 11.3 Å². The number of rotatable bonds is 5. The molecule has 0 radical (unpaired) electrons. The molecule has 0 aliphatic rings. The van der Waals surface area contributed by atoms with Crippen LogP contribution in [-0.2, 0) is 6.54 Å². The molecule has 1 aromatic carbocycles. The smallest absolute Gasteiger partial charge is 0.325 e. The third kappa shape index (κ3) is 3.33. The molecule has 1 atom stereocenters. The van der Waals surface area contributed by atoms with Crippen LogP contribution in [-0.4, -0.2) is 19.9 Å². The lowest BCUT2D eigenvalue weighted by Crippen LogP contribution is -2.43. The van der Waals surface area contributed by atoms with Crippen molar-refractivity contribution in [3.63, 3.8) is 0 Å². The Hall–Kier alpha value is -3.59.